The Balaban J connectivity index is 2.56. The maximum absolute atomic E-state index is 8.82. The second kappa shape index (κ2) is 4.77. The molecule has 0 fully saturated rings. The molecule has 0 aromatic carbocycles. The molecule has 4 heteroatoms. The minimum atomic E-state index is -0.0428. The van der Waals surface area contributed by atoms with Crippen molar-refractivity contribution in [2.75, 3.05) is 11.9 Å². The summed E-state index contributed by atoms with van der Waals surface area (Å²) in [6.45, 7) is 5.03. The average Bonchev–Trinajstić information content (AvgIpc) is 2.15. The fraction of sp³-hybridized carbons (Fsp3) is 0.556. The van der Waals surface area contributed by atoms with Gasteiger partial charge in [-0.15, -0.1) is 0 Å². The van der Waals surface area contributed by atoms with E-state index < -0.39 is 0 Å². The van der Waals surface area contributed by atoms with Crippen LogP contribution >= 0.6 is 0 Å². The fourth-order valence-electron chi connectivity index (χ4n) is 0.865. The molecular weight excluding hydrogens is 166 g/mol. The Morgan fingerprint density at radius 2 is 2.31 bits per heavy atom. The third-order valence-electron chi connectivity index (χ3n) is 1.54. The number of anilines is 1. The summed E-state index contributed by atoms with van der Waals surface area (Å²) in [5.74, 6) is 1.14. The van der Waals surface area contributed by atoms with Crippen LogP contribution in [0.1, 0.15) is 19.5 Å². The van der Waals surface area contributed by atoms with Crippen molar-refractivity contribution >= 4 is 5.95 Å². The van der Waals surface area contributed by atoms with E-state index in [9.17, 15) is 0 Å². The Bertz CT molecular complexity index is 263. The van der Waals surface area contributed by atoms with Gasteiger partial charge in [-0.25, -0.2) is 9.97 Å². The molecule has 0 bridgehead atoms. The summed E-state index contributed by atoms with van der Waals surface area (Å²) in [5.41, 5.74) is 0.640. The molecule has 72 valence electrons. The highest BCUT2D eigenvalue weighted by molar-refractivity contribution is 5.24. The lowest BCUT2D eigenvalue weighted by atomic mass is 10.2. The van der Waals surface area contributed by atoms with Crippen LogP contribution < -0.4 is 5.32 Å². The van der Waals surface area contributed by atoms with Crippen molar-refractivity contribution < 1.29 is 5.11 Å². The van der Waals surface area contributed by atoms with E-state index in [1.54, 1.807) is 12.3 Å². The Morgan fingerprint density at radius 1 is 1.54 bits per heavy atom. The zero-order chi connectivity index (χ0) is 9.68. The predicted molar refractivity (Wildman–Crippen MR) is 51.3 cm³/mol. The lowest BCUT2D eigenvalue weighted by Gasteiger charge is -2.07. The van der Waals surface area contributed by atoms with Gasteiger partial charge in [-0.1, -0.05) is 13.8 Å². The van der Waals surface area contributed by atoms with Crippen LogP contribution in [-0.4, -0.2) is 21.6 Å². The fourth-order valence-corrected chi connectivity index (χ4v) is 0.865. The first-order valence-corrected chi connectivity index (χ1v) is 4.39. The number of hydrogen-bond donors (Lipinski definition) is 2. The lowest BCUT2D eigenvalue weighted by Crippen LogP contribution is -2.11. The van der Waals surface area contributed by atoms with Gasteiger partial charge in [0.15, 0.2) is 0 Å². The van der Waals surface area contributed by atoms with Crippen LogP contribution in [0.15, 0.2) is 12.3 Å². The monoisotopic (exact) mass is 181 g/mol. The molecule has 0 atom stereocenters. The van der Waals surface area contributed by atoms with E-state index in [0.29, 0.717) is 17.6 Å². The van der Waals surface area contributed by atoms with Crippen molar-refractivity contribution in [3.8, 4) is 0 Å². The van der Waals surface area contributed by atoms with Crippen LogP contribution in [0.2, 0.25) is 0 Å². The van der Waals surface area contributed by atoms with E-state index in [0.717, 1.165) is 6.54 Å². The smallest absolute Gasteiger partial charge is 0.222 e. The van der Waals surface area contributed by atoms with Crippen LogP contribution in [0.4, 0.5) is 5.95 Å². The minimum absolute atomic E-state index is 0.0428. The van der Waals surface area contributed by atoms with Gasteiger partial charge in [0.2, 0.25) is 5.95 Å². The summed E-state index contributed by atoms with van der Waals surface area (Å²) in [5, 5.41) is 11.9. The van der Waals surface area contributed by atoms with Crippen LogP contribution in [0.25, 0.3) is 0 Å². The minimum Gasteiger partial charge on any atom is -0.390 e. The van der Waals surface area contributed by atoms with Gasteiger partial charge in [-0.05, 0) is 12.0 Å². The van der Waals surface area contributed by atoms with Crippen molar-refractivity contribution in [3.63, 3.8) is 0 Å². The number of rotatable bonds is 4. The molecule has 1 rings (SSSR count). The molecule has 1 heterocycles. The number of hydrogen-bond acceptors (Lipinski definition) is 4. The zero-order valence-electron chi connectivity index (χ0n) is 7.99. The number of nitrogens with zero attached hydrogens (tertiary/aromatic N) is 2. The standard InChI is InChI=1S/C9H15N3O/c1-7(2)5-11-9-10-4-3-8(6-13)12-9/h3-4,7,13H,5-6H2,1-2H3,(H,10,11,12). The molecule has 0 amide bonds. The maximum Gasteiger partial charge on any atom is 0.222 e. The van der Waals surface area contributed by atoms with Crippen LogP contribution in [0, 0.1) is 5.92 Å². The quantitative estimate of drug-likeness (QED) is 0.728. The predicted octanol–water partition coefficient (Wildman–Crippen LogP) is 1.04. The maximum atomic E-state index is 8.82. The Morgan fingerprint density at radius 3 is 2.92 bits per heavy atom. The molecular formula is C9H15N3O. The summed E-state index contributed by atoms with van der Waals surface area (Å²) in [6.07, 6.45) is 1.64. The number of aliphatic hydroxyl groups excluding tert-OH is 1. The van der Waals surface area contributed by atoms with E-state index in [1.165, 1.54) is 0 Å². The number of nitrogens with one attached hydrogen (secondary N) is 1. The lowest BCUT2D eigenvalue weighted by molar-refractivity contribution is 0.277. The van der Waals surface area contributed by atoms with Crippen LogP contribution in [0.3, 0.4) is 0 Å². The average molecular weight is 181 g/mol. The molecule has 0 aliphatic rings. The van der Waals surface area contributed by atoms with E-state index in [1.807, 2.05) is 0 Å². The zero-order valence-corrected chi connectivity index (χ0v) is 7.99. The topological polar surface area (TPSA) is 58.0 Å². The molecule has 4 nitrogen and oxygen atoms in total. The van der Waals surface area contributed by atoms with Crippen LogP contribution in [-0.2, 0) is 6.61 Å². The molecule has 2 N–H and O–H groups in total. The van der Waals surface area contributed by atoms with Gasteiger partial charge in [0, 0.05) is 12.7 Å². The first kappa shape index (κ1) is 9.92. The summed E-state index contributed by atoms with van der Waals surface area (Å²) >= 11 is 0. The second-order valence-electron chi connectivity index (χ2n) is 3.30. The number of aromatic nitrogens is 2. The second-order valence-corrected chi connectivity index (χ2v) is 3.30. The molecule has 0 aliphatic heterocycles. The van der Waals surface area contributed by atoms with Crippen LogP contribution in [0.5, 0.6) is 0 Å². The summed E-state index contributed by atoms with van der Waals surface area (Å²) in [7, 11) is 0. The van der Waals surface area contributed by atoms with Gasteiger partial charge in [-0.3, -0.25) is 0 Å². The van der Waals surface area contributed by atoms with E-state index in [4.69, 9.17) is 5.11 Å². The van der Waals surface area contributed by atoms with Gasteiger partial charge in [-0.2, -0.15) is 0 Å². The molecule has 0 saturated carbocycles. The van der Waals surface area contributed by atoms with Gasteiger partial charge < -0.3 is 10.4 Å². The Labute approximate surface area is 78.0 Å². The summed E-state index contributed by atoms with van der Waals surface area (Å²) in [4.78, 5) is 8.12. The number of aliphatic hydroxyl groups is 1. The largest absolute Gasteiger partial charge is 0.390 e. The van der Waals surface area contributed by atoms with E-state index in [-0.39, 0.29) is 6.61 Å². The molecule has 0 unspecified atom stereocenters. The molecule has 0 spiro atoms. The molecule has 13 heavy (non-hydrogen) atoms. The molecule has 1 aromatic rings. The van der Waals surface area contributed by atoms with Gasteiger partial charge in [0.25, 0.3) is 0 Å². The molecule has 0 saturated heterocycles. The van der Waals surface area contributed by atoms with Crippen molar-refractivity contribution in [3.05, 3.63) is 18.0 Å². The van der Waals surface area contributed by atoms with Crippen molar-refractivity contribution in [2.24, 2.45) is 5.92 Å². The highest BCUT2D eigenvalue weighted by Gasteiger charge is 1.98. The normalized spacial score (nSPS) is 10.5. The highest BCUT2D eigenvalue weighted by Crippen LogP contribution is 2.01. The van der Waals surface area contributed by atoms with Gasteiger partial charge in [0.05, 0.1) is 12.3 Å². The van der Waals surface area contributed by atoms with E-state index in [2.05, 4.69) is 29.1 Å². The first-order valence-electron chi connectivity index (χ1n) is 4.39. The third kappa shape index (κ3) is 3.38. The molecule has 0 aliphatic carbocycles. The first-order chi connectivity index (χ1) is 6.22. The van der Waals surface area contributed by atoms with E-state index >= 15 is 0 Å². The summed E-state index contributed by atoms with van der Waals surface area (Å²) < 4.78 is 0. The summed E-state index contributed by atoms with van der Waals surface area (Å²) in [6, 6.07) is 1.69. The van der Waals surface area contributed by atoms with Crippen molar-refractivity contribution in [1.29, 1.82) is 0 Å². The molecule has 1 aromatic heterocycles. The highest BCUT2D eigenvalue weighted by atomic mass is 16.3. The molecule has 0 radical (unpaired) electrons. The Kier molecular flexibility index (Phi) is 3.64. The Hall–Kier alpha value is -1.16. The van der Waals surface area contributed by atoms with Gasteiger partial charge >= 0.3 is 0 Å². The van der Waals surface area contributed by atoms with Crippen molar-refractivity contribution in [2.45, 2.75) is 20.5 Å². The van der Waals surface area contributed by atoms with Gasteiger partial charge in [0.1, 0.15) is 0 Å². The third-order valence-corrected chi connectivity index (χ3v) is 1.54. The van der Waals surface area contributed by atoms with Crippen molar-refractivity contribution in [1.82, 2.24) is 9.97 Å². The SMILES string of the molecule is CC(C)CNc1nccc(CO)n1.